The molecule has 1 spiro atoms. The van der Waals surface area contributed by atoms with Crippen LogP contribution in [0.5, 0.6) is 0 Å². The van der Waals surface area contributed by atoms with Crippen molar-refractivity contribution in [1.29, 1.82) is 0 Å². The van der Waals surface area contributed by atoms with Gasteiger partial charge in [0.05, 0.1) is 22.1 Å². The third-order valence-corrected chi connectivity index (χ3v) is 12.0. The summed E-state index contributed by atoms with van der Waals surface area (Å²) in [7, 11) is 0. The molecule has 3 heterocycles. The number of allylic oxidation sites excluding steroid dienone is 3. The van der Waals surface area contributed by atoms with Gasteiger partial charge in [-0.25, -0.2) is 0 Å². The van der Waals surface area contributed by atoms with Crippen molar-refractivity contribution in [3.05, 3.63) is 221 Å². The lowest BCUT2D eigenvalue weighted by molar-refractivity contribution is 0.686. The molecule has 0 amide bonds. The Labute approximate surface area is 302 Å². The van der Waals surface area contributed by atoms with Gasteiger partial charge in [0.2, 0.25) is 0 Å². The summed E-state index contributed by atoms with van der Waals surface area (Å²) in [6.07, 6.45) is 5.24. The average molecular weight is 671 g/mol. The van der Waals surface area contributed by atoms with Gasteiger partial charge in [0, 0.05) is 26.3 Å². The summed E-state index contributed by atoms with van der Waals surface area (Å²) in [5, 5.41) is 2.58. The second kappa shape index (κ2) is 11.8. The van der Waals surface area contributed by atoms with E-state index in [9.17, 15) is 0 Å². The maximum atomic E-state index is 6.72. The molecule has 2 nitrogen and oxygen atoms in total. The van der Waals surface area contributed by atoms with Gasteiger partial charge in [-0.1, -0.05) is 169 Å². The van der Waals surface area contributed by atoms with Gasteiger partial charge < -0.3 is 10.3 Å². The van der Waals surface area contributed by atoms with Crippen molar-refractivity contribution in [2.45, 2.75) is 21.6 Å². The third kappa shape index (κ3) is 4.45. The Kier molecular flexibility index (Phi) is 6.90. The Morgan fingerprint density at radius 3 is 2.04 bits per heavy atom. The lowest BCUT2D eigenvalue weighted by Crippen LogP contribution is -2.38. The van der Waals surface area contributed by atoms with Crippen molar-refractivity contribution in [2.75, 3.05) is 0 Å². The largest absolute Gasteiger partial charge is 0.398 e. The molecule has 0 fully saturated rings. The molecule has 0 aliphatic carbocycles. The van der Waals surface area contributed by atoms with Crippen LogP contribution in [0.2, 0.25) is 0 Å². The topological polar surface area (TPSA) is 30.9 Å². The lowest BCUT2D eigenvalue weighted by Gasteiger charge is -2.45. The van der Waals surface area contributed by atoms with Gasteiger partial charge in [-0.3, -0.25) is 0 Å². The number of nitrogens with zero attached hydrogens (tertiary/aromatic N) is 1. The summed E-state index contributed by atoms with van der Waals surface area (Å²) in [5.41, 5.74) is 20.7. The Morgan fingerprint density at radius 2 is 1.20 bits per heavy atom. The number of hydrogen-bond acceptors (Lipinski definition) is 2. The van der Waals surface area contributed by atoms with Crippen molar-refractivity contribution in [1.82, 2.24) is 4.57 Å². The van der Waals surface area contributed by atoms with Gasteiger partial charge in [0.15, 0.2) is 0 Å². The standard InChI is InChI=1S/C48H34N2S/c49-42(33-17-5-2-6-18-33)31-35(32-15-3-1-4-16-32)30-29-34-19-13-25-41-47(34)51-45-28-12-9-23-39(45)48(41)38-22-8-11-27-44(38)50-43-26-10-7-20-36(43)37-21-14-24-40(48)46(37)50/h1-28,30-31H,29,49H2/b35-30+,42-31-. The fraction of sp³-hybridized carbons (Fsp3) is 0.0417. The summed E-state index contributed by atoms with van der Waals surface area (Å²) in [5.74, 6) is 0. The first-order valence-corrected chi connectivity index (χ1v) is 18.4. The molecule has 2 aliphatic heterocycles. The van der Waals surface area contributed by atoms with Crippen molar-refractivity contribution >= 4 is 44.8 Å². The quantitative estimate of drug-likeness (QED) is 0.185. The first-order valence-electron chi connectivity index (χ1n) is 17.5. The fourth-order valence-corrected chi connectivity index (χ4v) is 9.87. The maximum Gasteiger partial charge on any atom is 0.0764 e. The molecule has 242 valence electrons. The molecule has 0 radical (unpaired) electrons. The van der Waals surface area contributed by atoms with E-state index in [1.54, 1.807) is 0 Å². The first-order chi connectivity index (χ1) is 25.2. The van der Waals surface area contributed by atoms with E-state index in [1.165, 1.54) is 65.1 Å². The second-order valence-corrected chi connectivity index (χ2v) is 14.5. The van der Waals surface area contributed by atoms with Gasteiger partial charge in [-0.05, 0) is 75.2 Å². The molecule has 1 unspecified atom stereocenters. The summed E-state index contributed by atoms with van der Waals surface area (Å²) >= 11 is 1.91. The van der Waals surface area contributed by atoms with Crippen molar-refractivity contribution in [2.24, 2.45) is 5.73 Å². The molecular weight excluding hydrogens is 637 g/mol. The zero-order valence-electron chi connectivity index (χ0n) is 28.0. The summed E-state index contributed by atoms with van der Waals surface area (Å²) in [6, 6.07) is 61.7. The average Bonchev–Trinajstić information content (AvgIpc) is 3.54. The Balaban J connectivity index is 1.22. The van der Waals surface area contributed by atoms with Gasteiger partial charge in [0.1, 0.15) is 0 Å². The number of rotatable bonds is 5. The Bertz CT molecular complexity index is 2700. The van der Waals surface area contributed by atoms with Crippen molar-refractivity contribution < 1.29 is 0 Å². The monoisotopic (exact) mass is 670 g/mol. The van der Waals surface area contributed by atoms with Crippen LogP contribution in [-0.4, -0.2) is 4.57 Å². The molecule has 8 aromatic rings. The van der Waals surface area contributed by atoms with Gasteiger partial charge in [0.25, 0.3) is 0 Å². The third-order valence-electron chi connectivity index (χ3n) is 10.7. The molecule has 1 atom stereocenters. The minimum Gasteiger partial charge on any atom is -0.398 e. The second-order valence-electron chi connectivity index (χ2n) is 13.4. The van der Waals surface area contributed by atoms with Gasteiger partial charge in [-0.15, -0.1) is 0 Å². The van der Waals surface area contributed by atoms with E-state index >= 15 is 0 Å². The zero-order valence-corrected chi connectivity index (χ0v) is 28.8. The SMILES string of the molecule is N/C(=C\C(=C/Cc1cccc2c1Sc1ccccc1C21c2ccccc2-n2c3ccccc3c3cccc1c32)c1ccccc1)c1ccccc1. The Morgan fingerprint density at radius 1 is 0.569 bits per heavy atom. The molecule has 1 aromatic heterocycles. The van der Waals surface area contributed by atoms with Crippen LogP contribution in [0.1, 0.15) is 38.9 Å². The minimum absolute atomic E-state index is 0.489. The van der Waals surface area contributed by atoms with E-state index in [0.29, 0.717) is 0 Å². The van der Waals surface area contributed by atoms with Gasteiger partial charge >= 0.3 is 0 Å². The predicted molar refractivity (Wildman–Crippen MR) is 214 cm³/mol. The highest BCUT2D eigenvalue weighted by Gasteiger charge is 2.49. The van der Waals surface area contributed by atoms with Crippen LogP contribution in [0.15, 0.2) is 192 Å². The number of benzene rings is 7. The van der Waals surface area contributed by atoms with Crippen LogP contribution in [-0.2, 0) is 11.8 Å². The van der Waals surface area contributed by atoms with E-state index in [4.69, 9.17) is 5.73 Å². The van der Waals surface area contributed by atoms with Crippen molar-refractivity contribution in [3.8, 4) is 5.69 Å². The number of aromatic nitrogens is 1. The van der Waals surface area contributed by atoms with Gasteiger partial charge in [-0.2, -0.15) is 0 Å². The molecule has 0 saturated heterocycles. The number of para-hydroxylation sites is 3. The number of hydrogen-bond donors (Lipinski definition) is 1. The molecule has 2 N–H and O–H groups in total. The van der Waals surface area contributed by atoms with E-state index in [0.717, 1.165) is 28.8 Å². The van der Waals surface area contributed by atoms with E-state index in [1.807, 2.05) is 30.0 Å². The molecule has 3 heteroatoms. The van der Waals surface area contributed by atoms with E-state index in [2.05, 4.69) is 168 Å². The van der Waals surface area contributed by atoms with Crippen LogP contribution in [0, 0.1) is 0 Å². The van der Waals surface area contributed by atoms with Crippen LogP contribution < -0.4 is 5.73 Å². The van der Waals surface area contributed by atoms with Crippen molar-refractivity contribution in [3.63, 3.8) is 0 Å². The summed E-state index contributed by atoms with van der Waals surface area (Å²) in [4.78, 5) is 2.63. The highest BCUT2D eigenvalue weighted by molar-refractivity contribution is 7.99. The zero-order chi connectivity index (χ0) is 33.9. The molecule has 0 bridgehead atoms. The van der Waals surface area contributed by atoms with Crippen LogP contribution >= 0.6 is 11.8 Å². The molecule has 0 saturated carbocycles. The first kappa shape index (κ1) is 29.8. The fourth-order valence-electron chi connectivity index (χ4n) is 8.56. The van der Waals surface area contributed by atoms with Crippen LogP contribution in [0.4, 0.5) is 0 Å². The van der Waals surface area contributed by atoms with Crippen LogP contribution in [0.25, 0.3) is 38.8 Å². The summed E-state index contributed by atoms with van der Waals surface area (Å²) < 4.78 is 2.51. The Hall–Kier alpha value is -6.03. The lowest BCUT2D eigenvalue weighted by atomic mass is 9.62. The highest BCUT2D eigenvalue weighted by atomic mass is 32.2. The summed E-state index contributed by atoms with van der Waals surface area (Å²) in [6.45, 7) is 0. The smallest absolute Gasteiger partial charge is 0.0764 e. The molecule has 51 heavy (non-hydrogen) atoms. The van der Waals surface area contributed by atoms with E-state index < -0.39 is 5.41 Å². The molecular formula is C48H34N2S. The normalized spacial score (nSPS) is 16.2. The molecule has 2 aliphatic rings. The molecule has 7 aromatic carbocycles. The minimum atomic E-state index is -0.489. The van der Waals surface area contributed by atoms with Crippen LogP contribution in [0.3, 0.4) is 0 Å². The molecule has 10 rings (SSSR count). The van der Waals surface area contributed by atoms with E-state index in [-0.39, 0.29) is 0 Å². The predicted octanol–water partition coefficient (Wildman–Crippen LogP) is 11.6. The maximum absolute atomic E-state index is 6.72. The number of nitrogens with two attached hydrogens (primary N) is 1. The highest BCUT2D eigenvalue weighted by Crippen LogP contribution is 2.61. The number of fused-ring (bicyclic) bond motifs is 11.